The van der Waals surface area contributed by atoms with Crippen LogP contribution in [0.3, 0.4) is 0 Å². The van der Waals surface area contributed by atoms with E-state index < -0.39 is 0 Å². The van der Waals surface area contributed by atoms with Gasteiger partial charge in [0.05, 0.1) is 5.69 Å². The maximum atomic E-state index is 11.8. The van der Waals surface area contributed by atoms with Gasteiger partial charge < -0.3 is 10.1 Å². The third kappa shape index (κ3) is 3.88. The van der Waals surface area contributed by atoms with E-state index in [4.69, 9.17) is 4.74 Å². The van der Waals surface area contributed by atoms with Crippen LogP contribution in [-0.2, 0) is 4.79 Å². The van der Waals surface area contributed by atoms with Crippen molar-refractivity contribution in [1.29, 1.82) is 0 Å². The topological polar surface area (TPSA) is 94.8 Å². The second-order valence-electron chi connectivity index (χ2n) is 4.75. The Morgan fingerprint density at radius 3 is 2.74 bits per heavy atom. The highest BCUT2D eigenvalue weighted by Gasteiger charge is 2.05. The molecule has 1 amide bonds. The molecule has 0 radical (unpaired) electrons. The summed E-state index contributed by atoms with van der Waals surface area (Å²) in [6, 6.07) is 12.5. The number of hydrogen-bond donors (Lipinski definition) is 1. The molecule has 3 rings (SSSR count). The van der Waals surface area contributed by atoms with Crippen molar-refractivity contribution in [3.05, 3.63) is 54.5 Å². The number of aryl methyl sites for hydroxylation is 1. The Kier molecular flexibility index (Phi) is 4.23. The number of benzene rings is 1. The maximum absolute atomic E-state index is 11.8. The van der Waals surface area contributed by atoms with E-state index in [1.807, 2.05) is 19.1 Å². The average Bonchev–Trinajstić information content (AvgIpc) is 3.08. The van der Waals surface area contributed by atoms with Crippen molar-refractivity contribution in [3.63, 3.8) is 0 Å². The lowest BCUT2D eigenvalue weighted by molar-refractivity contribution is -0.118. The van der Waals surface area contributed by atoms with Crippen LogP contribution in [0.5, 0.6) is 5.75 Å². The molecule has 1 aromatic carbocycles. The van der Waals surface area contributed by atoms with Crippen molar-refractivity contribution in [2.24, 2.45) is 0 Å². The van der Waals surface area contributed by atoms with Crippen molar-refractivity contribution in [2.75, 3.05) is 11.9 Å². The van der Waals surface area contributed by atoms with Gasteiger partial charge in [0.15, 0.2) is 6.61 Å². The standard InChI is InChI=1S/C15H14N6O2/c1-11-3-2-4-14(17-11)18-15(22)9-23-13-7-5-12(6-8-13)21-10-16-19-20-21/h2-8,10H,9H2,1H3,(H,17,18,22). The summed E-state index contributed by atoms with van der Waals surface area (Å²) >= 11 is 0. The second-order valence-corrected chi connectivity index (χ2v) is 4.75. The summed E-state index contributed by atoms with van der Waals surface area (Å²) in [4.78, 5) is 16.0. The summed E-state index contributed by atoms with van der Waals surface area (Å²) in [7, 11) is 0. The quantitative estimate of drug-likeness (QED) is 0.765. The lowest BCUT2D eigenvalue weighted by Gasteiger charge is -2.08. The fraction of sp³-hybridized carbons (Fsp3) is 0.133. The number of carbonyl (C=O) groups is 1. The SMILES string of the molecule is Cc1cccc(NC(=O)COc2ccc(-n3cnnn3)cc2)n1. The van der Waals surface area contributed by atoms with E-state index in [0.717, 1.165) is 11.4 Å². The number of amides is 1. The molecule has 3 aromatic rings. The van der Waals surface area contributed by atoms with Crippen LogP contribution < -0.4 is 10.1 Å². The van der Waals surface area contributed by atoms with Gasteiger partial charge in [-0.2, -0.15) is 0 Å². The summed E-state index contributed by atoms with van der Waals surface area (Å²) in [5.74, 6) is 0.814. The summed E-state index contributed by atoms with van der Waals surface area (Å²) in [5.41, 5.74) is 1.64. The minimum atomic E-state index is -0.271. The first-order valence-corrected chi connectivity index (χ1v) is 6.90. The molecule has 0 bridgehead atoms. The molecule has 2 heterocycles. The van der Waals surface area contributed by atoms with Crippen LogP contribution in [0.1, 0.15) is 5.69 Å². The Bertz CT molecular complexity index is 786. The molecule has 0 fully saturated rings. The van der Waals surface area contributed by atoms with Gasteiger partial charge in [0, 0.05) is 5.69 Å². The summed E-state index contributed by atoms with van der Waals surface area (Å²) < 4.78 is 6.97. The molecule has 0 spiro atoms. The van der Waals surface area contributed by atoms with Gasteiger partial charge in [0.2, 0.25) is 0 Å². The van der Waals surface area contributed by atoms with E-state index in [1.165, 1.54) is 11.0 Å². The smallest absolute Gasteiger partial charge is 0.263 e. The molecule has 0 saturated carbocycles. The third-order valence-corrected chi connectivity index (χ3v) is 2.98. The lowest BCUT2D eigenvalue weighted by Crippen LogP contribution is -2.20. The van der Waals surface area contributed by atoms with E-state index in [-0.39, 0.29) is 12.5 Å². The number of nitrogens with zero attached hydrogens (tertiary/aromatic N) is 5. The van der Waals surface area contributed by atoms with E-state index in [0.29, 0.717) is 11.6 Å². The molecule has 8 nitrogen and oxygen atoms in total. The van der Waals surface area contributed by atoms with Gasteiger partial charge in [0.25, 0.3) is 5.91 Å². The summed E-state index contributed by atoms with van der Waals surface area (Å²) in [5, 5.41) is 13.6. The first kappa shape index (κ1) is 14.6. The number of hydrogen-bond acceptors (Lipinski definition) is 6. The van der Waals surface area contributed by atoms with E-state index in [9.17, 15) is 4.79 Å². The van der Waals surface area contributed by atoms with Crippen LogP contribution >= 0.6 is 0 Å². The summed E-state index contributed by atoms with van der Waals surface area (Å²) in [6.07, 6.45) is 1.50. The van der Waals surface area contributed by atoms with Gasteiger partial charge in [-0.15, -0.1) is 5.10 Å². The molecule has 2 aromatic heterocycles. The van der Waals surface area contributed by atoms with E-state index >= 15 is 0 Å². The van der Waals surface area contributed by atoms with Crippen molar-refractivity contribution in [3.8, 4) is 11.4 Å². The third-order valence-electron chi connectivity index (χ3n) is 2.98. The van der Waals surface area contributed by atoms with Crippen molar-refractivity contribution in [2.45, 2.75) is 6.92 Å². The Morgan fingerprint density at radius 1 is 1.22 bits per heavy atom. The van der Waals surface area contributed by atoms with E-state index in [2.05, 4.69) is 25.8 Å². The molecule has 23 heavy (non-hydrogen) atoms. The van der Waals surface area contributed by atoms with Gasteiger partial charge in [-0.3, -0.25) is 4.79 Å². The second kappa shape index (κ2) is 6.65. The van der Waals surface area contributed by atoms with E-state index in [1.54, 1.807) is 30.3 Å². The molecule has 0 aliphatic carbocycles. The van der Waals surface area contributed by atoms with Crippen LogP contribution in [-0.4, -0.2) is 37.7 Å². The molecule has 116 valence electrons. The van der Waals surface area contributed by atoms with Crippen molar-refractivity contribution in [1.82, 2.24) is 25.2 Å². The Balaban J connectivity index is 1.54. The highest BCUT2D eigenvalue weighted by molar-refractivity contribution is 5.90. The highest BCUT2D eigenvalue weighted by atomic mass is 16.5. The molecule has 0 unspecified atom stereocenters. The van der Waals surface area contributed by atoms with Crippen LogP contribution in [0.2, 0.25) is 0 Å². The predicted octanol–water partition coefficient (Wildman–Crippen LogP) is 1.38. The monoisotopic (exact) mass is 310 g/mol. The van der Waals surface area contributed by atoms with Crippen LogP contribution in [0.25, 0.3) is 5.69 Å². The molecule has 1 N–H and O–H groups in total. The number of carbonyl (C=O) groups excluding carboxylic acids is 1. The van der Waals surface area contributed by atoms with Crippen molar-refractivity contribution < 1.29 is 9.53 Å². The largest absolute Gasteiger partial charge is 0.484 e. The fourth-order valence-electron chi connectivity index (χ4n) is 1.92. The van der Waals surface area contributed by atoms with Gasteiger partial charge in [-0.05, 0) is 53.7 Å². The normalized spacial score (nSPS) is 10.3. The number of ether oxygens (including phenoxy) is 1. The number of anilines is 1. The summed E-state index contributed by atoms with van der Waals surface area (Å²) in [6.45, 7) is 1.76. The Labute approximate surface area is 132 Å². The zero-order chi connectivity index (χ0) is 16.1. The molecule has 8 heteroatoms. The number of nitrogens with one attached hydrogen (secondary N) is 1. The minimum Gasteiger partial charge on any atom is -0.484 e. The highest BCUT2D eigenvalue weighted by Crippen LogP contribution is 2.14. The Morgan fingerprint density at radius 2 is 2.04 bits per heavy atom. The molecule has 0 saturated heterocycles. The lowest BCUT2D eigenvalue weighted by atomic mass is 10.3. The fourth-order valence-corrected chi connectivity index (χ4v) is 1.92. The van der Waals surface area contributed by atoms with Gasteiger partial charge in [-0.25, -0.2) is 9.67 Å². The first-order chi connectivity index (χ1) is 11.2. The minimum absolute atomic E-state index is 0.0974. The Hall–Kier alpha value is -3.29. The van der Waals surface area contributed by atoms with Gasteiger partial charge >= 0.3 is 0 Å². The zero-order valence-electron chi connectivity index (χ0n) is 12.4. The molecule has 0 atom stereocenters. The molecular formula is C15H14N6O2. The number of rotatable bonds is 5. The van der Waals surface area contributed by atoms with Crippen LogP contribution in [0.4, 0.5) is 5.82 Å². The van der Waals surface area contributed by atoms with Crippen LogP contribution in [0, 0.1) is 6.92 Å². The predicted molar refractivity (Wildman–Crippen MR) is 82.3 cm³/mol. The maximum Gasteiger partial charge on any atom is 0.263 e. The van der Waals surface area contributed by atoms with Crippen molar-refractivity contribution >= 4 is 11.7 Å². The number of pyridine rings is 1. The average molecular weight is 310 g/mol. The zero-order valence-corrected chi connectivity index (χ0v) is 12.4. The number of tetrazole rings is 1. The number of aromatic nitrogens is 5. The molecule has 0 aliphatic rings. The van der Waals surface area contributed by atoms with Gasteiger partial charge in [0.1, 0.15) is 17.9 Å². The first-order valence-electron chi connectivity index (χ1n) is 6.90. The molecule has 0 aliphatic heterocycles. The molecular weight excluding hydrogens is 296 g/mol. The van der Waals surface area contributed by atoms with Gasteiger partial charge in [-0.1, -0.05) is 6.07 Å². The van der Waals surface area contributed by atoms with Crippen LogP contribution in [0.15, 0.2) is 48.8 Å².